The van der Waals surface area contributed by atoms with E-state index in [-0.39, 0.29) is 11.7 Å². The summed E-state index contributed by atoms with van der Waals surface area (Å²) in [5.74, 6) is 0.481. The normalized spacial score (nSPS) is 11.5. The lowest BCUT2D eigenvalue weighted by Crippen LogP contribution is -2.40. The highest BCUT2D eigenvalue weighted by atomic mass is 19.1. The number of guanidine groups is 1. The number of aromatic amines is 1. The van der Waals surface area contributed by atoms with Crippen LogP contribution in [0.15, 0.2) is 59.7 Å². The Morgan fingerprint density at radius 1 is 1.13 bits per heavy atom. The molecule has 7 heteroatoms. The molecule has 2 aromatic carbocycles. The van der Waals surface area contributed by atoms with E-state index in [1.165, 1.54) is 12.1 Å². The standard InChI is InChI=1S/C23H28FN5O/c1-25-23(26-12-10-18-15-28-21-14-19(24)8-9-20(18)21)27-13-11-22(30)29(2)16-17-6-4-3-5-7-17/h3-9,14-15,28H,10-13,16H2,1-2H3,(H2,25,26,27). The Bertz CT molecular complexity index is 999. The van der Waals surface area contributed by atoms with Crippen LogP contribution in [0.25, 0.3) is 10.9 Å². The number of aromatic nitrogens is 1. The molecule has 0 aliphatic carbocycles. The minimum absolute atomic E-state index is 0.0767. The van der Waals surface area contributed by atoms with Crippen molar-refractivity contribution in [3.05, 3.63) is 71.7 Å². The van der Waals surface area contributed by atoms with E-state index in [9.17, 15) is 9.18 Å². The van der Waals surface area contributed by atoms with Gasteiger partial charge in [-0.15, -0.1) is 0 Å². The molecular weight excluding hydrogens is 381 g/mol. The number of hydrogen-bond donors (Lipinski definition) is 3. The number of carbonyl (C=O) groups is 1. The van der Waals surface area contributed by atoms with Crippen molar-refractivity contribution in [1.82, 2.24) is 20.5 Å². The van der Waals surface area contributed by atoms with Crippen LogP contribution in [0.4, 0.5) is 4.39 Å². The number of rotatable bonds is 8. The van der Waals surface area contributed by atoms with E-state index in [0.29, 0.717) is 32.0 Å². The maximum Gasteiger partial charge on any atom is 0.224 e. The van der Waals surface area contributed by atoms with Crippen molar-refractivity contribution >= 4 is 22.8 Å². The summed E-state index contributed by atoms with van der Waals surface area (Å²) in [4.78, 5) is 21.4. The van der Waals surface area contributed by atoms with E-state index in [1.807, 2.05) is 43.6 Å². The summed E-state index contributed by atoms with van der Waals surface area (Å²) in [6.07, 6.45) is 3.06. The average molecular weight is 410 g/mol. The molecule has 0 spiro atoms. The van der Waals surface area contributed by atoms with Crippen molar-refractivity contribution in [2.75, 3.05) is 27.2 Å². The number of hydrogen-bond acceptors (Lipinski definition) is 2. The fraction of sp³-hybridized carbons (Fsp3) is 0.304. The van der Waals surface area contributed by atoms with Gasteiger partial charge in [-0.25, -0.2) is 4.39 Å². The highest BCUT2D eigenvalue weighted by Gasteiger charge is 2.10. The third-order valence-corrected chi connectivity index (χ3v) is 4.96. The topological polar surface area (TPSA) is 72.5 Å². The molecule has 1 heterocycles. The number of amides is 1. The SMILES string of the molecule is CN=C(NCCC(=O)N(C)Cc1ccccc1)NCCc1c[nH]c2cc(F)ccc12. The molecule has 0 fully saturated rings. The van der Waals surface area contributed by atoms with Gasteiger partial charge >= 0.3 is 0 Å². The van der Waals surface area contributed by atoms with Gasteiger partial charge in [0.2, 0.25) is 5.91 Å². The van der Waals surface area contributed by atoms with Crippen LogP contribution in [0.5, 0.6) is 0 Å². The van der Waals surface area contributed by atoms with Crippen LogP contribution in [-0.2, 0) is 17.8 Å². The molecule has 3 rings (SSSR count). The lowest BCUT2D eigenvalue weighted by atomic mass is 10.1. The summed E-state index contributed by atoms with van der Waals surface area (Å²) in [6.45, 7) is 1.77. The number of nitrogens with one attached hydrogen (secondary N) is 3. The van der Waals surface area contributed by atoms with Crippen LogP contribution in [0, 0.1) is 5.82 Å². The first-order valence-electron chi connectivity index (χ1n) is 10.0. The molecular formula is C23H28FN5O. The molecule has 1 amide bonds. The second-order valence-electron chi connectivity index (χ2n) is 7.16. The second kappa shape index (κ2) is 10.4. The van der Waals surface area contributed by atoms with E-state index >= 15 is 0 Å². The van der Waals surface area contributed by atoms with Gasteiger partial charge in [0, 0.05) is 57.3 Å². The first kappa shape index (κ1) is 21.4. The fourth-order valence-corrected chi connectivity index (χ4v) is 3.33. The smallest absolute Gasteiger partial charge is 0.224 e. The summed E-state index contributed by atoms with van der Waals surface area (Å²) >= 11 is 0. The fourth-order valence-electron chi connectivity index (χ4n) is 3.33. The Morgan fingerprint density at radius 2 is 1.90 bits per heavy atom. The van der Waals surface area contributed by atoms with Gasteiger partial charge in [0.1, 0.15) is 5.82 Å². The zero-order chi connectivity index (χ0) is 21.3. The maximum absolute atomic E-state index is 13.3. The summed E-state index contributed by atoms with van der Waals surface area (Å²) in [7, 11) is 3.52. The van der Waals surface area contributed by atoms with Crippen LogP contribution >= 0.6 is 0 Å². The van der Waals surface area contributed by atoms with Crippen LogP contribution in [-0.4, -0.2) is 48.9 Å². The van der Waals surface area contributed by atoms with Gasteiger partial charge in [-0.1, -0.05) is 30.3 Å². The quantitative estimate of drug-likeness (QED) is 0.396. The zero-order valence-electron chi connectivity index (χ0n) is 17.4. The lowest BCUT2D eigenvalue weighted by molar-refractivity contribution is -0.130. The molecule has 0 unspecified atom stereocenters. The number of fused-ring (bicyclic) bond motifs is 1. The first-order chi connectivity index (χ1) is 14.6. The Balaban J connectivity index is 1.39. The van der Waals surface area contributed by atoms with Crippen LogP contribution in [0.2, 0.25) is 0 Å². The molecule has 0 aliphatic heterocycles. The van der Waals surface area contributed by atoms with Crippen molar-refractivity contribution in [3.8, 4) is 0 Å². The molecule has 0 saturated carbocycles. The lowest BCUT2D eigenvalue weighted by Gasteiger charge is -2.18. The van der Waals surface area contributed by atoms with Crippen molar-refractivity contribution in [1.29, 1.82) is 0 Å². The van der Waals surface area contributed by atoms with Crippen molar-refractivity contribution in [3.63, 3.8) is 0 Å². The maximum atomic E-state index is 13.3. The molecule has 0 aliphatic rings. The molecule has 3 N–H and O–H groups in total. The molecule has 0 radical (unpaired) electrons. The molecule has 1 aromatic heterocycles. The Kier molecular flexibility index (Phi) is 7.43. The molecule has 158 valence electrons. The molecule has 3 aromatic rings. The van der Waals surface area contributed by atoms with E-state index in [4.69, 9.17) is 0 Å². The van der Waals surface area contributed by atoms with Gasteiger partial charge in [-0.2, -0.15) is 0 Å². The zero-order valence-corrected chi connectivity index (χ0v) is 17.4. The van der Waals surface area contributed by atoms with Crippen LogP contribution in [0.3, 0.4) is 0 Å². The third-order valence-electron chi connectivity index (χ3n) is 4.96. The summed E-state index contributed by atoms with van der Waals surface area (Å²) < 4.78 is 13.3. The third kappa shape index (κ3) is 5.83. The van der Waals surface area contributed by atoms with Gasteiger partial charge in [-0.05, 0) is 35.7 Å². The molecule has 0 bridgehead atoms. The Morgan fingerprint density at radius 3 is 2.67 bits per heavy atom. The van der Waals surface area contributed by atoms with Gasteiger partial charge < -0.3 is 20.5 Å². The minimum Gasteiger partial charge on any atom is -0.361 e. The largest absolute Gasteiger partial charge is 0.361 e. The molecule has 6 nitrogen and oxygen atoms in total. The molecule has 0 saturated heterocycles. The van der Waals surface area contributed by atoms with E-state index < -0.39 is 0 Å². The minimum atomic E-state index is -0.248. The summed E-state index contributed by atoms with van der Waals surface area (Å²) in [6, 6.07) is 14.7. The second-order valence-corrected chi connectivity index (χ2v) is 7.16. The van der Waals surface area contributed by atoms with Crippen molar-refractivity contribution in [2.45, 2.75) is 19.4 Å². The van der Waals surface area contributed by atoms with Crippen LogP contribution < -0.4 is 10.6 Å². The van der Waals surface area contributed by atoms with Gasteiger partial charge in [-0.3, -0.25) is 9.79 Å². The van der Waals surface area contributed by atoms with Gasteiger partial charge in [0.05, 0.1) is 0 Å². The number of benzene rings is 2. The van der Waals surface area contributed by atoms with Crippen molar-refractivity contribution < 1.29 is 9.18 Å². The Labute approximate surface area is 176 Å². The average Bonchev–Trinajstić information content (AvgIpc) is 3.15. The summed E-state index contributed by atoms with van der Waals surface area (Å²) in [5, 5.41) is 7.45. The number of halogens is 1. The van der Waals surface area contributed by atoms with E-state index in [2.05, 4.69) is 20.6 Å². The van der Waals surface area contributed by atoms with Gasteiger partial charge in [0.15, 0.2) is 5.96 Å². The van der Waals surface area contributed by atoms with Crippen LogP contribution in [0.1, 0.15) is 17.5 Å². The van der Waals surface area contributed by atoms with E-state index in [1.54, 1.807) is 18.0 Å². The number of nitrogens with zero attached hydrogens (tertiary/aromatic N) is 2. The highest BCUT2D eigenvalue weighted by Crippen LogP contribution is 2.19. The van der Waals surface area contributed by atoms with Crippen molar-refractivity contribution in [2.24, 2.45) is 4.99 Å². The molecule has 30 heavy (non-hydrogen) atoms. The highest BCUT2D eigenvalue weighted by molar-refractivity contribution is 5.84. The number of aliphatic imine (C=N–C) groups is 1. The summed E-state index contributed by atoms with van der Waals surface area (Å²) in [5.41, 5.74) is 3.02. The first-order valence-corrected chi connectivity index (χ1v) is 10.0. The predicted octanol–water partition coefficient (Wildman–Crippen LogP) is 3.06. The predicted molar refractivity (Wildman–Crippen MR) is 119 cm³/mol. The van der Waals surface area contributed by atoms with E-state index in [0.717, 1.165) is 28.5 Å². The molecule has 0 atom stereocenters. The van der Waals surface area contributed by atoms with Gasteiger partial charge in [0.25, 0.3) is 0 Å². The number of carbonyl (C=O) groups excluding carboxylic acids is 1. The Hall–Kier alpha value is -3.35. The monoisotopic (exact) mass is 409 g/mol. The number of H-pyrrole nitrogens is 1.